The number of rotatable bonds is 5. The number of benzene rings is 2. The van der Waals surface area contributed by atoms with Crippen LogP contribution >= 0.6 is 11.6 Å². The van der Waals surface area contributed by atoms with E-state index in [0.29, 0.717) is 17.7 Å². The SMILES string of the molecule is O=C(C1CC1c1ccc(Cl)cc1)N1CCN(c2ccnn3cc(-c4ccc(C5CCNC5)cc4)cc23)CC1. The Bertz CT molecular complexity index is 1450. The molecule has 3 atom stereocenters. The fraction of sp³-hybridized carbons (Fsp3) is 0.355. The Morgan fingerprint density at radius 2 is 1.68 bits per heavy atom. The molecular formula is C31H32ClN5O. The molecule has 0 bridgehead atoms. The van der Waals surface area contributed by atoms with Gasteiger partial charge in [-0.1, -0.05) is 48.0 Å². The minimum absolute atomic E-state index is 0.111. The Morgan fingerprint density at radius 3 is 2.42 bits per heavy atom. The van der Waals surface area contributed by atoms with Crippen LogP contribution in [0.3, 0.4) is 0 Å². The topological polar surface area (TPSA) is 52.9 Å². The van der Waals surface area contributed by atoms with E-state index >= 15 is 0 Å². The standard InChI is InChI=1S/C31H32ClN5O/c32-26-7-5-23(6-8-26)27-18-28(27)31(38)36-15-13-35(14-16-36)29-10-12-34-37-20-25(17-30(29)37)22-3-1-21(2-4-22)24-9-11-33-19-24/h1-8,10,12,17,20,24,27-28,33H,9,11,13-16,18-19H2. The van der Waals surface area contributed by atoms with Crippen molar-refractivity contribution in [2.24, 2.45) is 5.92 Å². The summed E-state index contributed by atoms with van der Waals surface area (Å²) in [5.74, 6) is 1.37. The third-order valence-electron chi connectivity index (χ3n) is 8.60. The second-order valence-electron chi connectivity index (χ2n) is 10.9. The smallest absolute Gasteiger partial charge is 0.226 e. The van der Waals surface area contributed by atoms with Crippen LogP contribution in [0.2, 0.25) is 5.02 Å². The average Bonchev–Trinajstić information content (AvgIpc) is 3.33. The molecule has 7 heteroatoms. The van der Waals surface area contributed by atoms with E-state index in [1.165, 1.54) is 34.4 Å². The van der Waals surface area contributed by atoms with Crippen molar-refractivity contribution >= 4 is 28.7 Å². The third kappa shape index (κ3) is 4.46. The fourth-order valence-corrected chi connectivity index (χ4v) is 6.39. The molecule has 4 aromatic rings. The van der Waals surface area contributed by atoms with Gasteiger partial charge in [0, 0.05) is 61.6 Å². The number of piperazine rings is 1. The van der Waals surface area contributed by atoms with Crippen LogP contribution in [0, 0.1) is 5.92 Å². The van der Waals surface area contributed by atoms with Gasteiger partial charge < -0.3 is 15.1 Å². The highest BCUT2D eigenvalue weighted by Crippen LogP contribution is 2.48. The molecule has 3 unspecified atom stereocenters. The average molecular weight is 526 g/mol. The van der Waals surface area contributed by atoms with Crippen molar-refractivity contribution in [3.05, 3.63) is 89.2 Å². The van der Waals surface area contributed by atoms with Crippen molar-refractivity contribution in [3.8, 4) is 11.1 Å². The van der Waals surface area contributed by atoms with Crippen molar-refractivity contribution < 1.29 is 4.79 Å². The second-order valence-corrected chi connectivity index (χ2v) is 11.3. The van der Waals surface area contributed by atoms with Gasteiger partial charge in [0.15, 0.2) is 0 Å². The molecule has 2 saturated heterocycles. The molecule has 2 aromatic heterocycles. The lowest BCUT2D eigenvalue weighted by Crippen LogP contribution is -2.49. The zero-order valence-corrected chi connectivity index (χ0v) is 22.1. The molecule has 4 heterocycles. The number of fused-ring (bicyclic) bond motifs is 1. The Hall–Kier alpha value is -3.35. The molecule has 2 aliphatic heterocycles. The number of nitrogens with one attached hydrogen (secondary N) is 1. The van der Waals surface area contributed by atoms with E-state index in [1.54, 1.807) is 0 Å². The number of amides is 1. The van der Waals surface area contributed by atoms with Crippen LogP contribution in [0.4, 0.5) is 5.69 Å². The second kappa shape index (κ2) is 9.75. The number of hydrogen-bond acceptors (Lipinski definition) is 4. The van der Waals surface area contributed by atoms with Crippen LogP contribution in [0.25, 0.3) is 16.6 Å². The van der Waals surface area contributed by atoms with Crippen LogP contribution in [0.1, 0.15) is 35.8 Å². The zero-order valence-electron chi connectivity index (χ0n) is 21.4. The molecule has 38 heavy (non-hydrogen) atoms. The molecule has 6 nitrogen and oxygen atoms in total. The number of halogens is 1. The largest absolute Gasteiger partial charge is 0.366 e. The summed E-state index contributed by atoms with van der Waals surface area (Å²) in [4.78, 5) is 17.6. The van der Waals surface area contributed by atoms with E-state index in [9.17, 15) is 4.79 Å². The molecular weight excluding hydrogens is 494 g/mol. The van der Waals surface area contributed by atoms with E-state index in [1.807, 2.05) is 22.8 Å². The molecule has 3 aliphatic rings. The molecule has 1 saturated carbocycles. The van der Waals surface area contributed by atoms with Gasteiger partial charge in [-0.25, -0.2) is 4.52 Å². The fourth-order valence-electron chi connectivity index (χ4n) is 6.26. The van der Waals surface area contributed by atoms with Gasteiger partial charge in [-0.3, -0.25) is 4.79 Å². The Kier molecular flexibility index (Phi) is 6.09. The van der Waals surface area contributed by atoms with Crippen LogP contribution < -0.4 is 10.2 Å². The molecule has 1 amide bonds. The van der Waals surface area contributed by atoms with Crippen molar-refractivity contribution in [2.75, 3.05) is 44.2 Å². The van der Waals surface area contributed by atoms with Crippen molar-refractivity contribution in [1.29, 1.82) is 0 Å². The van der Waals surface area contributed by atoms with Crippen LogP contribution in [0.5, 0.6) is 0 Å². The first-order valence-corrected chi connectivity index (χ1v) is 14.1. The maximum Gasteiger partial charge on any atom is 0.226 e. The number of carbonyl (C=O) groups excluding carboxylic acids is 1. The van der Waals surface area contributed by atoms with E-state index < -0.39 is 0 Å². The Labute approximate surface area is 228 Å². The predicted octanol–water partition coefficient (Wildman–Crippen LogP) is 5.18. The first-order chi connectivity index (χ1) is 18.6. The molecule has 0 radical (unpaired) electrons. The van der Waals surface area contributed by atoms with Gasteiger partial charge in [-0.2, -0.15) is 5.10 Å². The molecule has 7 rings (SSSR count). The molecule has 194 valence electrons. The Balaban J connectivity index is 1.03. The third-order valence-corrected chi connectivity index (χ3v) is 8.85. The maximum absolute atomic E-state index is 13.2. The van der Waals surface area contributed by atoms with Gasteiger partial charge >= 0.3 is 0 Å². The lowest BCUT2D eigenvalue weighted by molar-refractivity contribution is -0.132. The number of aromatic nitrogens is 2. The van der Waals surface area contributed by atoms with Gasteiger partial charge in [0.2, 0.25) is 5.91 Å². The summed E-state index contributed by atoms with van der Waals surface area (Å²) in [6, 6.07) is 21.3. The number of nitrogens with zero attached hydrogens (tertiary/aromatic N) is 4. The van der Waals surface area contributed by atoms with Gasteiger partial charge in [-0.05, 0) is 72.2 Å². The highest BCUT2D eigenvalue weighted by molar-refractivity contribution is 6.30. The summed E-state index contributed by atoms with van der Waals surface area (Å²) in [5.41, 5.74) is 7.32. The molecule has 1 aliphatic carbocycles. The van der Waals surface area contributed by atoms with Crippen LogP contribution in [-0.2, 0) is 4.79 Å². The van der Waals surface area contributed by atoms with Crippen molar-refractivity contribution in [2.45, 2.75) is 24.7 Å². The monoisotopic (exact) mass is 525 g/mol. The summed E-state index contributed by atoms with van der Waals surface area (Å²) in [6.45, 7) is 5.34. The maximum atomic E-state index is 13.2. The van der Waals surface area contributed by atoms with Crippen LogP contribution in [0.15, 0.2) is 73.1 Å². The van der Waals surface area contributed by atoms with E-state index in [-0.39, 0.29) is 5.92 Å². The highest BCUT2D eigenvalue weighted by Gasteiger charge is 2.46. The summed E-state index contributed by atoms with van der Waals surface area (Å²) in [5, 5.41) is 8.79. The van der Waals surface area contributed by atoms with E-state index in [4.69, 9.17) is 11.6 Å². The van der Waals surface area contributed by atoms with Crippen molar-refractivity contribution in [1.82, 2.24) is 19.8 Å². The highest BCUT2D eigenvalue weighted by atomic mass is 35.5. The van der Waals surface area contributed by atoms with Crippen LogP contribution in [-0.4, -0.2) is 59.7 Å². The molecule has 1 N–H and O–H groups in total. The molecule has 2 aromatic carbocycles. The number of anilines is 1. The lowest BCUT2D eigenvalue weighted by Gasteiger charge is -2.36. The first kappa shape index (κ1) is 23.7. The van der Waals surface area contributed by atoms with Gasteiger partial charge in [-0.15, -0.1) is 0 Å². The minimum Gasteiger partial charge on any atom is -0.366 e. The van der Waals surface area contributed by atoms with E-state index in [0.717, 1.165) is 56.2 Å². The van der Waals surface area contributed by atoms with E-state index in [2.05, 4.69) is 74.9 Å². The summed E-state index contributed by atoms with van der Waals surface area (Å²) >= 11 is 6.03. The summed E-state index contributed by atoms with van der Waals surface area (Å²) < 4.78 is 1.98. The Morgan fingerprint density at radius 1 is 0.921 bits per heavy atom. The molecule has 3 fully saturated rings. The van der Waals surface area contributed by atoms with Gasteiger partial charge in [0.25, 0.3) is 0 Å². The summed E-state index contributed by atoms with van der Waals surface area (Å²) in [6.07, 6.45) is 6.15. The number of carbonyl (C=O) groups is 1. The number of hydrogen-bond donors (Lipinski definition) is 1. The first-order valence-electron chi connectivity index (χ1n) is 13.7. The normalized spacial score (nSPS) is 23.2. The molecule has 0 spiro atoms. The van der Waals surface area contributed by atoms with Gasteiger partial charge in [0.1, 0.15) is 0 Å². The van der Waals surface area contributed by atoms with Gasteiger partial charge in [0.05, 0.1) is 11.2 Å². The minimum atomic E-state index is 0.111. The predicted molar refractivity (Wildman–Crippen MR) is 152 cm³/mol. The zero-order chi connectivity index (χ0) is 25.6. The quantitative estimate of drug-likeness (QED) is 0.390. The summed E-state index contributed by atoms with van der Waals surface area (Å²) in [7, 11) is 0. The van der Waals surface area contributed by atoms with Crippen molar-refractivity contribution in [3.63, 3.8) is 0 Å². The lowest BCUT2D eigenvalue weighted by atomic mass is 9.96.